The van der Waals surface area contributed by atoms with Gasteiger partial charge in [-0.1, -0.05) is 23.7 Å². The van der Waals surface area contributed by atoms with Crippen LogP contribution in [-0.4, -0.2) is 50.1 Å². The Morgan fingerprint density at radius 1 is 1.28 bits per heavy atom. The van der Waals surface area contributed by atoms with E-state index in [2.05, 4.69) is 14.9 Å². The van der Waals surface area contributed by atoms with Crippen LogP contribution >= 0.6 is 11.6 Å². The summed E-state index contributed by atoms with van der Waals surface area (Å²) in [4.78, 5) is 21.5. The van der Waals surface area contributed by atoms with Crippen LogP contribution in [-0.2, 0) is 4.79 Å². The molecule has 25 heavy (non-hydrogen) atoms. The van der Waals surface area contributed by atoms with Gasteiger partial charge in [0.1, 0.15) is 24.1 Å². The third-order valence-electron chi connectivity index (χ3n) is 4.65. The Labute approximate surface area is 149 Å². The zero-order valence-electron chi connectivity index (χ0n) is 13.6. The molecule has 3 heterocycles. The normalized spacial score (nSPS) is 16.7. The number of hydrogen-bond donors (Lipinski definition) is 1. The van der Waals surface area contributed by atoms with Gasteiger partial charge in [-0.15, -0.1) is 0 Å². The average molecular weight is 357 g/mol. The minimum absolute atomic E-state index is 0.0893. The van der Waals surface area contributed by atoms with Crippen LogP contribution in [0.25, 0.3) is 22.3 Å². The minimum atomic E-state index is -0.0893. The topological polar surface area (TPSA) is 89.9 Å². The molecule has 128 valence electrons. The van der Waals surface area contributed by atoms with Gasteiger partial charge < -0.3 is 10.5 Å². The number of hydrogen-bond acceptors (Lipinski definition) is 6. The smallest absolute Gasteiger partial charge is 0.164 e. The maximum Gasteiger partial charge on any atom is 0.164 e. The fraction of sp³-hybridized carbons (Fsp3) is 0.294. The van der Waals surface area contributed by atoms with Gasteiger partial charge in [0, 0.05) is 23.7 Å². The third-order valence-corrected chi connectivity index (χ3v) is 4.90. The van der Waals surface area contributed by atoms with Gasteiger partial charge in [0.05, 0.1) is 17.5 Å². The van der Waals surface area contributed by atoms with Crippen molar-refractivity contribution >= 4 is 34.7 Å². The molecule has 2 aromatic heterocycles. The van der Waals surface area contributed by atoms with Crippen LogP contribution in [0.3, 0.4) is 0 Å². The second-order valence-electron chi connectivity index (χ2n) is 6.24. The van der Waals surface area contributed by atoms with Crippen molar-refractivity contribution in [1.29, 1.82) is 0 Å². The highest BCUT2D eigenvalue weighted by Gasteiger charge is 2.34. The number of likely N-dealkylation sites (tertiary alicyclic amines) is 1. The standard InChI is InChI=1S/C17H17ClN6O/c1-10(8-25)23-6-13(7-23)24-17-14(16(19)20-9-21-17)15(22-24)11-2-4-12(18)5-3-11/h2-5,8-10,13H,6-7H2,1H3,(H2,19,20,21). The number of carbonyl (C=O) groups is 1. The zero-order valence-corrected chi connectivity index (χ0v) is 14.4. The monoisotopic (exact) mass is 356 g/mol. The Balaban J connectivity index is 1.78. The third kappa shape index (κ3) is 2.65. The van der Waals surface area contributed by atoms with Crippen LogP contribution in [0.4, 0.5) is 5.82 Å². The molecule has 7 nitrogen and oxygen atoms in total. The number of aromatic nitrogens is 4. The van der Waals surface area contributed by atoms with Crippen molar-refractivity contribution in [1.82, 2.24) is 24.6 Å². The lowest BCUT2D eigenvalue weighted by Crippen LogP contribution is -2.52. The molecular weight excluding hydrogens is 340 g/mol. The van der Waals surface area contributed by atoms with Crippen LogP contribution in [0.5, 0.6) is 0 Å². The highest BCUT2D eigenvalue weighted by molar-refractivity contribution is 6.30. The molecule has 1 fully saturated rings. The molecule has 1 unspecified atom stereocenters. The van der Waals surface area contributed by atoms with E-state index in [1.807, 2.05) is 35.9 Å². The molecule has 1 atom stereocenters. The molecule has 1 aliphatic rings. The van der Waals surface area contributed by atoms with E-state index in [0.29, 0.717) is 16.5 Å². The quantitative estimate of drug-likeness (QED) is 0.720. The van der Waals surface area contributed by atoms with Gasteiger partial charge >= 0.3 is 0 Å². The molecular formula is C17H17ClN6O. The molecule has 0 radical (unpaired) electrons. The number of carbonyl (C=O) groups excluding carboxylic acids is 1. The number of halogens is 1. The summed E-state index contributed by atoms with van der Waals surface area (Å²) in [5.41, 5.74) is 8.47. The van der Waals surface area contributed by atoms with E-state index in [1.165, 1.54) is 6.33 Å². The zero-order chi connectivity index (χ0) is 17.6. The molecule has 0 saturated carbocycles. The summed E-state index contributed by atoms with van der Waals surface area (Å²) >= 11 is 5.99. The molecule has 1 aliphatic heterocycles. The summed E-state index contributed by atoms with van der Waals surface area (Å²) in [5, 5.41) is 6.17. The van der Waals surface area contributed by atoms with Crippen molar-refractivity contribution in [2.75, 3.05) is 18.8 Å². The van der Waals surface area contributed by atoms with Gasteiger partial charge in [-0.2, -0.15) is 5.10 Å². The molecule has 0 amide bonds. The Morgan fingerprint density at radius 3 is 2.68 bits per heavy atom. The first kappa shape index (κ1) is 16.0. The number of nitrogens with two attached hydrogens (primary N) is 1. The second kappa shape index (κ2) is 6.09. The lowest BCUT2D eigenvalue weighted by molar-refractivity contribution is -0.114. The average Bonchev–Trinajstić information content (AvgIpc) is 2.95. The fourth-order valence-corrected chi connectivity index (χ4v) is 3.25. The van der Waals surface area contributed by atoms with Crippen molar-refractivity contribution in [2.45, 2.75) is 19.0 Å². The summed E-state index contributed by atoms with van der Waals surface area (Å²) in [6, 6.07) is 7.51. The van der Waals surface area contributed by atoms with Crippen LogP contribution in [0, 0.1) is 0 Å². The molecule has 4 rings (SSSR count). The molecule has 1 saturated heterocycles. The Morgan fingerprint density at radius 2 is 2.00 bits per heavy atom. The van der Waals surface area contributed by atoms with Crippen molar-refractivity contribution < 1.29 is 4.79 Å². The van der Waals surface area contributed by atoms with Gasteiger partial charge in [0.25, 0.3) is 0 Å². The molecule has 3 aromatic rings. The molecule has 1 aromatic carbocycles. The van der Waals surface area contributed by atoms with E-state index in [1.54, 1.807) is 0 Å². The number of nitrogens with zero attached hydrogens (tertiary/aromatic N) is 5. The maximum atomic E-state index is 10.9. The number of fused-ring (bicyclic) bond motifs is 1. The Hall–Kier alpha value is -2.51. The second-order valence-corrected chi connectivity index (χ2v) is 6.68. The summed E-state index contributed by atoms with van der Waals surface area (Å²) in [7, 11) is 0. The largest absolute Gasteiger partial charge is 0.383 e. The lowest BCUT2D eigenvalue weighted by atomic mass is 10.1. The summed E-state index contributed by atoms with van der Waals surface area (Å²) in [6.07, 6.45) is 2.41. The lowest BCUT2D eigenvalue weighted by Gasteiger charge is -2.41. The first-order valence-corrected chi connectivity index (χ1v) is 8.40. The van der Waals surface area contributed by atoms with Crippen LogP contribution in [0.1, 0.15) is 13.0 Å². The predicted octanol–water partition coefficient (Wildman–Crippen LogP) is 2.17. The van der Waals surface area contributed by atoms with Crippen molar-refractivity contribution in [3.05, 3.63) is 35.6 Å². The fourth-order valence-electron chi connectivity index (χ4n) is 3.12. The first-order chi connectivity index (χ1) is 12.1. The maximum absolute atomic E-state index is 10.9. The number of aldehydes is 1. The summed E-state index contributed by atoms with van der Waals surface area (Å²) in [5.74, 6) is 0.402. The van der Waals surface area contributed by atoms with E-state index < -0.39 is 0 Å². The van der Waals surface area contributed by atoms with Crippen LogP contribution in [0.2, 0.25) is 5.02 Å². The highest BCUT2D eigenvalue weighted by Crippen LogP contribution is 2.34. The van der Waals surface area contributed by atoms with Gasteiger partial charge in [-0.3, -0.25) is 4.90 Å². The SMILES string of the molecule is CC(C=O)N1CC(n2nc(-c3ccc(Cl)cc3)c3c(N)ncnc32)C1. The number of nitrogen functional groups attached to an aromatic ring is 1. The summed E-state index contributed by atoms with van der Waals surface area (Å²) in [6.45, 7) is 3.39. The molecule has 0 spiro atoms. The number of benzene rings is 1. The molecule has 0 aliphatic carbocycles. The van der Waals surface area contributed by atoms with Gasteiger partial charge in [0.15, 0.2) is 5.65 Å². The predicted molar refractivity (Wildman–Crippen MR) is 96.3 cm³/mol. The highest BCUT2D eigenvalue weighted by atomic mass is 35.5. The minimum Gasteiger partial charge on any atom is -0.383 e. The van der Waals surface area contributed by atoms with E-state index >= 15 is 0 Å². The Kier molecular flexibility index (Phi) is 3.89. The van der Waals surface area contributed by atoms with E-state index in [0.717, 1.165) is 36.0 Å². The van der Waals surface area contributed by atoms with Gasteiger partial charge in [-0.25, -0.2) is 14.6 Å². The van der Waals surface area contributed by atoms with Gasteiger partial charge in [-0.05, 0) is 19.1 Å². The van der Waals surface area contributed by atoms with Crippen molar-refractivity contribution in [3.8, 4) is 11.3 Å². The van der Waals surface area contributed by atoms with E-state index in [4.69, 9.17) is 22.4 Å². The molecule has 8 heteroatoms. The molecule has 2 N–H and O–H groups in total. The van der Waals surface area contributed by atoms with Crippen molar-refractivity contribution in [3.63, 3.8) is 0 Å². The van der Waals surface area contributed by atoms with Crippen molar-refractivity contribution in [2.24, 2.45) is 0 Å². The van der Waals surface area contributed by atoms with Crippen LogP contribution < -0.4 is 5.73 Å². The van der Waals surface area contributed by atoms with Crippen LogP contribution in [0.15, 0.2) is 30.6 Å². The molecule has 0 bridgehead atoms. The van der Waals surface area contributed by atoms with E-state index in [-0.39, 0.29) is 12.1 Å². The van der Waals surface area contributed by atoms with E-state index in [9.17, 15) is 4.79 Å². The first-order valence-electron chi connectivity index (χ1n) is 8.02. The Bertz CT molecular complexity index is 932. The number of anilines is 1. The van der Waals surface area contributed by atoms with Gasteiger partial charge in [0.2, 0.25) is 0 Å². The summed E-state index contributed by atoms with van der Waals surface area (Å²) < 4.78 is 1.89. The number of rotatable bonds is 4.